The molecule has 154 valence electrons. The van der Waals surface area contributed by atoms with Crippen molar-refractivity contribution in [1.82, 2.24) is 0 Å². The molecule has 0 amide bonds. The van der Waals surface area contributed by atoms with Gasteiger partial charge in [-0.3, -0.25) is 9.59 Å². The Kier molecular flexibility index (Phi) is 3.66. The van der Waals surface area contributed by atoms with E-state index in [4.69, 9.17) is 0 Å². The van der Waals surface area contributed by atoms with Crippen LogP contribution in [-0.2, 0) is 0 Å². The number of carbonyl (C=O) groups is 2. The summed E-state index contributed by atoms with van der Waals surface area (Å²) in [5.74, 6) is -0.113. The van der Waals surface area contributed by atoms with Gasteiger partial charge in [0.1, 0.15) is 0 Å². The molecule has 2 aliphatic carbocycles. The number of hydrogen-bond donors (Lipinski definition) is 0. The average Bonchev–Trinajstić information content (AvgIpc) is 3.08. The van der Waals surface area contributed by atoms with Crippen molar-refractivity contribution in [3.8, 4) is 0 Å². The van der Waals surface area contributed by atoms with Crippen molar-refractivity contribution in [2.45, 2.75) is 6.42 Å². The molecule has 0 fully saturated rings. The summed E-state index contributed by atoms with van der Waals surface area (Å²) in [4.78, 5) is 27.2. The highest BCUT2D eigenvalue weighted by Crippen LogP contribution is 2.36. The van der Waals surface area contributed by atoms with Crippen LogP contribution in [0.3, 0.4) is 0 Å². The van der Waals surface area contributed by atoms with E-state index < -0.39 is 0 Å². The summed E-state index contributed by atoms with van der Waals surface area (Å²) in [6, 6.07) is 28.6. The fourth-order valence-electron chi connectivity index (χ4n) is 5.21. The lowest BCUT2D eigenvalue weighted by Crippen LogP contribution is -2.07. The normalized spacial score (nSPS) is 15.0. The summed E-state index contributed by atoms with van der Waals surface area (Å²) in [7, 11) is 0. The summed E-state index contributed by atoms with van der Waals surface area (Å²) in [6.07, 6.45) is 4.26. The van der Waals surface area contributed by atoms with Gasteiger partial charge in [-0.15, -0.1) is 0 Å². The summed E-state index contributed by atoms with van der Waals surface area (Å²) in [6.45, 7) is 0. The van der Waals surface area contributed by atoms with E-state index in [1.807, 2.05) is 60.7 Å². The minimum atomic E-state index is -0.0565. The Morgan fingerprint density at radius 3 is 1.33 bits per heavy atom. The molecule has 7 rings (SSSR count). The molecular formula is C31H18O2. The highest BCUT2D eigenvalue weighted by molar-refractivity contribution is 6.27. The molecule has 0 N–H and O–H groups in total. The first kappa shape index (κ1) is 18.3. The highest BCUT2D eigenvalue weighted by atomic mass is 16.1. The number of rotatable bonds is 0. The van der Waals surface area contributed by atoms with E-state index in [0.29, 0.717) is 28.7 Å². The predicted octanol–water partition coefficient (Wildman–Crippen LogP) is 7.40. The second-order valence-electron chi connectivity index (χ2n) is 8.95. The van der Waals surface area contributed by atoms with Crippen LogP contribution in [0.2, 0.25) is 0 Å². The smallest absolute Gasteiger partial charge is 0.190 e. The Hall–Kier alpha value is -4.30. The van der Waals surface area contributed by atoms with E-state index in [0.717, 1.165) is 32.7 Å². The lowest BCUT2D eigenvalue weighted by atomic mass is 9.91. The fraction of sp³-hybridized carbons (Fsp3) is 0.0323. The van der Waals surface area contributed by atoms with Gasteiger partial charge in [0.25, 0.3) is 0 Å². The van der Waals surface area contributed by atoms with Gasteiger partial charge in [0, 0.05) is 28.7 Å². The molecule has 33 heavy (non-hydrogen) atoms. The number of benzene rings is 5. The molecule has 0 aliphatic heterocycles. The monoisotopic (exact) mass is 422 g/mol. The number of carbonyl (C=O) groups excluding carboxylic acids is 2. The Balaban J connectivity index is 1.50. The zero-order valence-corrected chi connectivity index (χ0v) is 17.8. The van der Waals surface area contributed by atoms with E-state index >= 15 is 0 Å². The standard InChI is InChI=1S/C31H18O2/c32-30-26-11-20-7-3-4-8-21(20)12-27(15-26)31(33)29-17-25-14-23-10-19-6-2-1-5-18(19)9-22(23)13-24(25)16-28(29)30/h1-14,16-17H,15H2. The SMILES string of the molecule is O=C1C2=Cc3ccccc3C=C(C2)C(=O)c2cc3cc4cc5ccccc5cc4cc3cc21. The van der Waals surface area contributed by atoms with Crippen LogP contribution in [0.5, 0.6) is 0 Å². The molecule has 0 spiro atoms. The van der Waals surface area contributed by atoms with Crippen molar-refractivity contribution >= 4 is 56.0 Å². The van der Waals surface area contributed by atoms with Gasteiger partial charge in [0.05, 0.1) is 0 Å². The maximum absolute atomic E-state index is 13.6. The molecule has 0 atom stereocenters. The first-order valence-electron chi connectivity index (χ1n) is 11.1. The van der Waals surface area contributed by atoms with Crippen molar-refractivity contribution in [2.24, 2.45) is 0 Å². The Morgan fingerprint density at radius 1 is 0.455 bits per heavy atom. The number of Topliss-reactive ketones (excluding diaryl/α,β-unsaturated/α-hetero) is 2. The Labute approximate surface area is 190 Å². The van der Waals surface area contributed by atoms with E-state index in [9.17, 15) is 9.59 Å². The molecule has 0 aromatic heterocycles. The average molecular weight is 422 g/mol. The van der Waals surface area contributed by atoms with Crippen molar-refractivity contribution in [1.29, 1.82) is 0 Å². The molecule has 0 saturated carbocycles. The van der Waals surface area contributed by atoms with Crippen molar-refractivity contribution in [3.05, 3.63) is 118 Å². The van der Waals surface area contributed by atoms with Gasteiger partial charge in [-0.25, -0.2) is 0 Å². The minimum Gasteiger partial charge on any atom is -0.289 e. The van der Waals surface area contributed by atoms with Gasteiger partial charge in [-0.1, -0.05) is 48.5 Å². The Bertz CT molecular complexity index is 1640. The van der Waals surface area contributed by atoms with Crippen LogP contribution in [0.4, 0.5) is 0 Å². The van der Waals surface area contributed by atoms with Crippen LogP contribution < -0.4 is 0 Å². The van der Waals surface area contributed by atoms with Crippen LogP contribution in [0.1, 0.15) is 38.3 Å². The van der Waals surface area contributed by atoms with E-state index in [2.05, 4.69) is 36.4 Å². The molecule has 2 heteroatoms. The molecular weight excluding hydrogens is 404 g/mol. The maximum Gasteiger partial charge on any atom is 0.190 e. The molecule has 0 heterocycles. The highest BCUT2D eigenvalue weighted by Gasteiger charge is 2.30. The van der Waals surface area contributed by atoms with Gasteiger partial charge >= 0.3 is 0 Å². The zero-order chi connectivity index (χ0) is 22.1. The molecule has 2 bridgehead atoms. The minimum absolute atomic E-state index is 0.0565. The Morgan fingerprint density at radius 2 is 0.848 bits per heavy atom. The molecule has 5 aromatic rings. The van der Waals surface area contributed by atoms with Gasteiger partial charge in [-0.05, 0) is 92.0 Å². The van der Waals surface area contributed by atoms with E-state index in [1.54, 1.807) is 0 Å². The quantitative estimate of drug-likeness (QED) is 0.244. The van der Waals surface area contributed by atoms with Gasteiger partial charge < -0.3 is 0 Å². The van der Waals surface area contributed by atoms with Crippen molar-refractivity contribution in [3.63, 3.8) is 0 Å². The summed E-state index contributed by atoms with van der Waals surface area (Å²) in [5, 5.41) is 6.57. The largest absolute Gasteiger partial charge is 0.289 e. The summed E-state index contributed by atoms with van der Waals surface area (Å²) < 4.78 is 0. The van der Waals surface area contributed by atoms with E-state index in [-0.39, 0.29) is 11.6 Å². The van der Waals surface area contributed by atoms with Crippen LogP contribution >= 0.6 is 0 Å². The van der Waals surface area contributed by atoms with Crippen LogP contribution in [0, 0.1) is 0 Å². The number of allylic oxidation sites excluding steroid dienone is 2. The van der Waals surface area contributed by atoms with Crippen molar-refractivity contribution < 1.29 is 9.59 Å². The maximum atomic E-state index is 13.6. The molecule has 2 nitrogen and oxygen atoms in total. The topological polar surface area (TPSA) is 34.1 Å². The summed E-state index contributed by atoms with van der Waals surface area (Å²) in [5.41, 5.74) is 4.30. The second kappa shape index (κ2) is 6.60. The van der Waals surface area contributed by atoms with Crippen LogP contribution in [-0.4, -0.2) is 11.6 Å². The zero-order valence-electron chi connectivity index (χ0n) is 17.8. The van der Waals surface area contributed by atoms with Gasteiger partial charge in [-0.2, -0.15) is 0 Å². The molecule has 0 saturated heterocycles. The predicted molar refractivity (Wildman–Crippen MR) is 135 cm³/mol. The molecule has 0 radical (unpaired) electrons. The fourth-order valence-corrected chi connectivity index (χ4v) is 5.21. The van der Waals surface area contributed by atoms with Gasteiger partial charge in [0.2, 0.25) is 0 Å². The number of hydrogen-bond acceptors (Lipinski definition) is 2. The van der Waals surface area contributed by atoms with Gasteiger partial charge in [0.15, 0.2) is 11.6 Å². The van der Waals surface area contributed by atoms with Crippen molar-refractivity contribution in [2.75, 3.05) is 0 Å². The first-order valence-corrected chi connectivity index (χ1v) is 11.1. The third kappa shape index (κ3) is 2.74. The second-order valence-corrected chi connectivity index (χ2v) is 8.95. The number of fused-ring (bicyclic) bond motifs is 7. The summed E-state index contributed by atoms with van der Waals surface area (Å²) >= 11 is 0. The molecule has 2 aliphatic rings. The third-order valence-electron chi connectivity index (χ3n) is 6.91. The van der Waals surface area contributed by atoms with Crippen LogP contribution in [0.25, 0.3) is 44.5 Å². The number of ketones is 2. The van der Waals surface area contributed by atoms with E-state index in [1.165, 1.54) is 10.8 Å². The third-order valence-corrected chi connectivity index (χ3v) is 6.91. The lowest BCUT2D eigenvalue weighted by Gasteiger charge is -2.11. The first-order chi connectivity index (χ1) is 16.1. The molecule has 5 aromatic carbocycles. The molecule has 0 unspecified atom stereocenters. The lowest BCUT2D eigenvalue weighted by molar-refractivity contribution is 0.101. The van der Waals surface area contributed by atoms with Crippen LogP contribution in [0.15, 0.2) is 96.1 Å².